The first-order valence-electron chi connectivity index (χ1n) is 9.55. The fourth-order valence-electron chi connectivity index (χ4n) is 3.68. The molecule has 28 heavy (non-hydrogen) atoms. The monoisotopic (exact) mass is 386 g/mol. The van der Waals surface area contributed by atoms with Crippen molar-refractivity contribution in [3.05, 3.63) is 45.9 Å². The predicted molar refractivity (Wildman–Crippen MR) is 100 cm³/mol. The topological polar surface area (TPSA) is 87.1 Å². The molecule has 5 rings (SSSR count). The third-order valence-electron chi connectivity index (χ3n) is 5.32. The van der Waals surface area contributed by atoms with Crippen LogP contribution in [0.1, 0.15) is 37.3 Å². The van der Waals surface area contributed by atoms with Gasteiger partial charge in [-0.2, -0.15) is 5.10 Å². The first-order chi connectivity index (χ1) is 13.6. The number of imidazole rings is 1. The number of halogens is 2. The number of aromatic nitrogens is 4. The third-order valence-corrected chi connectivity index (χ3v) is 5.32. The summed E-state index contributed by atoms with van der Waals surface area (Å²) in [6.45, 7) is 1.64. The van der Waals surface area contributed by atoms with E-state index in [0.717, 1.165) is 38.3 Å². The van der Waals surface area contributed by atoms with Crippen LogP contribution in [0.2, 0.25) is 0 Å². The minimum atomic E-state index is -0.779. The number of nitrogens with one attached hydrogen (secondary N) is 3. The smallest absolute Gasteiger partial charge is 0.205 e. The lowest BCUT2D eigenvalue weighted by Gasteiger charge is -2.24. The largest absolute Gasteiger partial charge is 0.364 e. The fraction of sp³-hybridized carbons (Fsp3) is 0.421. The van der Waals surface area contributed by atoms with Gasteiger partial charge in [-0.05, 0) is 32.2 Å². The number of nitrogens with zero attached hydrogens (tertiary/aromatic N) is 3. The van der Waals surface area contributed by atoms with Crippen LogP contribution < -0.4 is 16.1 Å². The first kappa shape index (κ1) is 17.3. The molecule has 1 saturated heterocycles. The molecule has 2 aliphatic rings. The highest BCUT2D eigenvalue weighted by Gasteiger charge is 2.29. The van der Waals surface area contributed by atoms with E-state index in [-0.39, 0.29) is 28.9 Å². The Morgan fingerprint density at radius 2 is 2.04 bits per heavy atom. The van der Waals surface area contributed by atoms with Crippen molar-refractivity contribution >= 4 is 11.5 Å². The summed E-state index contributed by atoms with van der Waals surface area (Å²) < 4.78 is 30.4. The molecule has 0 spiro atoms. The molecular formula is C19H20F2N6O. The van der Waals surface area contributed by atoms with Crippen molar-refractivity contribution in [3.63, 3.8) is 0 Å². The predicted octanol–water partition coefficient (Wildman–Crippen LogP) is 2.40. The highest BCUT2D eigenvalue weighted by Crippen LogP contribution is 2.37. The molecular weight excluding hydrogens is 366 g/mol. The fourth-order valence-corrected chi connectivity index (χ4v) is 3.68. The summed E-state index contributed by atoms with van der Waals surface area (Å²) in [4.78, 5) is 19.3. The van der Waals surface area contributed by atoms with Gasteiger partial charge in [0, 0.05) is 36.8 Å². The van der Waals surface area contributed by atoms with Crippen LogP contribution in [0.15, 0.2) is 23.1 Å². The van der Waals surface area contributed by atoms with Gasteiger partial charge in [0.2, 0.25) is 5.43 Å². The Morgan fingerprint density at radius 1 is 1.18 bits per heavy atom. The summed E-state index contributed by atoms with van der Waals surface area (Å²) in [6, 6.07) is 2.33. The molecule has 0 aromatic carbocycles. The molecule has 0 radical (unpaired) electrons. The van der Waals surface area contributed by atoms with Gasteiger partial charge >= 0.3 is 0 Å². The van der Waals surface area contributed by atoms with Crippen molar-refractivity contribution in [2.75, 3.05) is 18.4 Å². The number of piperidine rings is 1. The van der Waals surface area contributed by atoms with E-state index in [4.69, 9.17) is 0 Å². The molecule has 2 fully saturated rings. The van der Waals surface area contributed by atoms with E-state index < -0.39 is 11.6 Å². The van der Waals surface area contributed by atoms with Crippen molar-refractivity contribution in [1.82, 2.24) is 24.9 Å². The average molecular weight is 386 g/mol. The summed E-state index contributed by atoms with van der Waals surface area (Å²) >= 11 is 0. The van der Waals surface area contributed by atoms with Gasteiger partial charge in [0.25, 0.3) is 0 Å². The van der Waals surface area contributed by atoms with Gasteiger partial charge in [0.1, 0.15) is 22.7 Å². The minimum Gasteiger partial charge on any atom is -0.364 e. The Morgan fingerprint density at radius 3 is 2.79 bits per heavy atom. The van der Waals surface area contributed by atoms with Crippen molar-refractivity contribution in [2.24, 2.45) is 0 Å². The summed E-state index contributed by atoms with van der Waals surface area (Å²) in [7, 11) is 0. The van der Waals surface area contributed by atoms with Crippen molar-refractivity contribution in [1.29, 1.82) is 0 Å². The number of hydrogen-bond donors (Lipinski definition) is 3. The first-order valence-corrected chi connectivity index (χ1v) is 9.55. The second kappa shape index (κ2) is 6.66. The Balaban J connectivity index is 1.57. The Bertz CT molecular complexity index is 1100. The van der Waals surface area contributed by atoms with E-state index in [1.165, 1.54) is 16.8 Å². The molecule has 1 saturated carbocycles. The van der Waals surface area contributed by atoms with Crippen molar-refractivity contribution in [2.45, 2.75) is 37.6 Å². The molecule has 146 valence electrons. The number of fused-ring (bicyclic) bond motifs is 1. The Kier molecular flexibility index (Phi) is 4.12. The average Bonchev–Trinajstić information content (AvgIpc) is 3.45. The number of aromatic amines is 1. The molecule has 3 aromatic rings. The summed E-state index contributed by atoms with van der Waals surface area (Å²) in [6.07, 6.45) is 5.27. The van der Waals surface area contributed by atoms with Gasteiger partial charge < -0.3 is 15.6 Å². The van der Waals surface area contributed by atoms with E-state index in [2.05, 4.69) is 25.7 Å². The summed E-state index contributed by atoms with van der Waals surface area (Å²) in [5.41, 5.74) is 1.13. The number of anilines is 1. The SMILES string of the molecule is O=c1cc2[nH]cc(-c3nc(NC4CCCNC4)c(F)cc3F)n2nc1C1CC1. The standard InChI is InChI=1S/C19H20F2N6O/c20-12-6-13(21)19(24-11-2-1-5-22-8-11)25-18(12)14-9-23-16-7-15(28)17(10-3-4-10)26-27(14)16/h6-7,9-11,22-23H,1-5,8H2,(H,24,25). The molecule has 1 unspecified atom stereocenters. The maximum Gasteiger partial charge on any atom is 0.205 e. The maximum absolute atomic E-state index is 14.6. The van der Waals surface area contributed by atoms with E-state index >= 15 is 0 Å². The zero-order valence-electron chi connectivity index (χ0n) is 15.1. The van der Waals surface area contributed by atoms with Crippen molar-refractivity contribution in [3.8, 4) is 11.4 Å². The summed E-state index contributed by atoms with van der Waals surface area (Å²) in [5, 5.41) is 10.7. The van der Waals surface area contributed by atoms with E-state index in [1.807, 2.05) is 0 Å². The molecule has 1 aliphatic carbocycles. The van der Waals surface area contributed by atoms with Crippen LogP contribution in [-0.4, -0.2) is 38.7 Å². The van der Waals surface area contributed by atoms with Crippen LogP contribution in [0.5, 0.6) is 0 Å². The lowest BCUT2D eigenvalue weighted by molar-refractivity contribution is 0.475. The molecule has 4 heterocycles. The molecule has 7 nitrogen and oxygen atoms in total. The molecule has 1 atom stereocenters. The van der Waals surface area contributed by atoms with Gasteiger partial charge in [-0.1, -0.05) is 0 Å². The van der Waals surface area contributed by atoms with Crippen LogP contribution in [0.3, 0.4) is 0 Å². The van der Waals surface area contributed by atoms with Gasteiger partial charge in [-0.25, -0.2) is 18.3 Å². The molecule has 0 bridgehead atoms. The molecule has 3 aromatic heterocycles. The zero-order chi connectivity index (χ0) is 19.3. The normalized spacial score (nSPS) is 19.9. The van der Waals surface area contributed by atoms with Crippen LogP contribution in [-0.2, 0) is 0 Å². The second-order valence-corrected chi connectivity index (χ2v) is 7.48. The van der Waals surface area contributed by atoms with Crippen LogP contribution in [0.25, 0.3) is 17.0 Å². The highest BCUT2D eigenvalue weighted by molar-refractivity contribution is 5.62. The molecule has 3 N–H and O–H groups in total. The minimum absolute atomic E-state index is 0.0166. The van der Waals surface area contributed by atoms with Crippen LogP contribution >= 0.6 is 0 Å². The summed E-state index contributed by atoms with van der Waals surface area (Å²) in [5.74, 6) is -1.33. The van der Waals surface area contributed by atoms with Crippen molar-refractivity contribution < 1.29 is 8.78 Å². The Hall–Kier alpha value is -2.81. The third kappa shape index (κ3) is 3.05. The second-order valence-electron chi connectivity index (χ2n) is 7.48. The Labute approximate surface area is 159 Å². The van der Waals surface area contributed by atoms with Crippen LogP contribution in [0, 0.1) is 11.6 Å². The molecule has 9 heteroatoms. The number of hydrogen-bond acceptors (Lipinski definition) is 5. The highest BCUT2D eigenvalue weighted by atomic mass is 19.1. The number of rotatable bonds is 4. The van der Waals surface area contributed by atoms with Gasteiger partial charge in [0.15, 0.2) is 17.5 Å². The van der Waals surface area contributed by atoms with Gasteiger partial charge in [0.05, 0.1) is 0 Å². The number of H-pyrrole nitrogens is 1. The van der Waals surface area contributed by atoms with Gasteiger partial charge in [-0.3, -0.25) is 4.79 Å². The number of pyridine rings is 1. The quantitative estimate of drug-likeness (QED) is 0.641. The van der Waals surface area contributed by atoms with Gasteiger partial charge in [-0.15, -0.1) is 0 Å². The maximum atomic E-state index is 14.6. The zero-order valence-corrected chi connectivity index (χ0v) is 15.1. The van der Waals surface area contributed by atoms with E-state index in [9.17, 15) is 13.6 Å². The van der Waals surface area contributed by atoms with E-state index in [0.29, 0.717) is 23.6 Å². The lowest BCUT2D eigenvalue weighted by Crippen LogP contribution is -2.38. The molecule has 0 amide bonds. The van der Waals surface area contributed by atoms with E-state index in [1.54, 1.807) is 0 Å². The lowest BCUT2D eigenvalue weighted by atomic mass is 10.1. The molecule has 1 aliphatic heterocycles. The van der Waals surface area contributed by atoms with Crippen LogP contribution in [0.4, 0.5) is 14.6 Å².